The molecule has 1 unspecified atom stereocenters. The third-order valence-electron chi connectivity index (χ3n) is 3.76. The highest BCUT2D eigenvalue weighted by Gasteiger charge is 2.23. The number of benzene rings is 1. The van der Waals surface area contributed by atoms with Gasteiger partial charge in [-0.05, 0) is 19.8 Å². The number of rotatable bonds is 4. The molecule has 5 nitrogen and oxygen atoms in total. The molecule has 1 aromatic carbocycles. The molecule has 1 aromatic heterocycles. The van der Waals surface area contributed by atoms with Crippen molar-refractivity contribution in [3.63, 3.8) is 0 Å². The Labute approximate surface area is 118 Å². The van der Waals surface area contributed by atoms with Crippen LogP contribution in [0.25, 0.3) is 11.3 Å². The number of amides is 1. The van der Waals surface area contributed by atoms with E-state index < -0.39 is 0 Å². The standard InChI is InChI=1S/C15H18N4O/c1-11-2-4-12(5-3-11)14-10-19(18-17-14)9-7-13-6-8-16-15(13)20/h2-5,10,13H,6-9H2,1H3,(H,16,20). The van der Waals surface area contributed by atoms with Crippen LogP contribution in [0.4, 0.5) is 0 Å². The fraction of sp³-hybridized carbons (Fsp3) is 0.400. The van der Waals surface area contributed by atoms with Crippen molar-refractivity contribution in [2.45, 2.75) is 26.3 Å². The summed E-state index contributed by atoms with van der Waals surface area (Å²) >= 11 is 0. The summed E-state index contributed by atoms with van der Waals surface area (Å²) in [4.78, 5) is 11.5. The first-order valence-electron chi connectivity index (χ1n) is 6.97. The van der Waals surface area contributed by atoms with Gasteiger partial charge >= 0.3 is 0 Å². The molecule has 0 radical (unpaired) electrons. The highest BCUT2D eigenvalue weighted by molar-refractivity contribution is 5.80. The van der Waals surface area contributed by atoms with E-state index in [1.807, 2.05) is 23.0 Å². The van der Waals surface area contributed by atoms with Gasteiger partial charge in [0.2, 0.25) is 5.91 Å². The van der Waals surface area contributed by atoms with Crippen molar-refractivity contribution in [1.82, 2.24) is 20.3 Å². The molecule has 0 aliphatic carbocycles. The second-order valence-electron chi connectivity index (χ2n) is 5.30. The second kappa shape index (κ2) is 5.45. The van der Waals surface area contributed by atoms with E-state index in [0.717, 1.165) is 37.2 Å². The van der Waals surface area contributed by atoms with Crippen molar-refractivity contribution < 1.29 is 4.79 Å². The molecule has 3 rings (SSSR count). The lowest BCUT2D eigenvalue weighted by Crippen LogP contribution is -2.20. The van der Waals surface area contributed by atoms with Crippen LogP contribution >= 0.6 is 0 Å². The van der Waals surface area contributed by atoms with Gasteiger partial charge in [-0.15, -0.1) is 5.10 Å². The van der Waals surface area contributed by atoms with Gasteiger partial charge in [0.15, 0.2) is 0 Å². The lowest BCUT2D eigenvalue weighted by atomic mass is 10.0. The van der Waals surface area contributed by atoms with Gasteiger partial charge in [-0.1, -0.05) is 35.0 Å². The van der Waals surface area contributed by atoms with Crippen LogP contribution in [-0.4, -0.2) is 27.4 Å². The molecule has 2 aromatic rings. The van der Waals surface area contributed by atoms with Crippen molar-refractivity contribution >= 4 is 5.91 Å². The molecule has 0 saturated carbocycles. The topological polar surface area (TPSA) is 59.8 Å². The molecule has 1 atom stereocenters. The van der Waals surface area contributed by atoms with Gasteiger partial charge in [0.25, 0.3) is 0 Å². The van der Waals surface area contributed by atoms with Crippen LogP contribution in [0.5, 0.6) is 0 Å². The summed E-state index contributed by atoms with van der Waals surface area (Å²) in [6.07, 6.45) is 3.69. The van der Waals surface area contributed by atoms with Gasteiger partial charge in [-0.3, -0.25) is 9.48 Å². The Balaban J connectivity index is 1.64. The molecule has 2 heterocycles. The molecular weight excluding hydrogens is 252 g/mol. The first kappa shape index (κ1) is 12.8. The maximum Gasteiger partial charge on any atom is 0.223 e. The minimum Gasteiger partial charge on any atom is -0.356 e. The average Bonchev–Trinajstić information content (AvgIpc) is 3.06. The predicted molar refractivity (Wildman–Crippen MR) is 75.9 cm³/mol. The lowest BCUT2D eigenvalue weighted by molar-refractivity contribution is -0.122. The van der Waals surface area contributed by atoms with Crippen LogP contribution in [0.1, 0.15) is 18.4 Å². The summed E-state index contributed by atoms with van der Waals surface area (Å²) in [5.74, 6) is 0.297. The van der Waals surface area contributed by atoms with Crippen molar-refractivity contribution in [3.8, 4) is 11.3 Å². The molecule has 104 valence electrons. The quantitative estimate of drug-likeness (QED) is 0.921. The fourth-order valence-corrected chi connectivity index (χ4v) is 2.47. The number of aromatic nitrogens is 3. The zero-order chi connectivity index (χ0) is 13.9. The summed E-state index contributed by atoms with van der Waals surface area (Å²) in [5.41, 5.74) is 3.18. The molecule has 1 N–H and O–H groups in total. The Hall–Kier alpha value is -2.17. The van der Waals surface area contributed by atoms with Gasteiger partial charge in [0, 0.05) is 24.6 Å². The maximum atomic E-state index is 11.5. The molecule has 1 aliphatic heterocycles. The molecule has 0 spiro atoms. The van der Waals surface area contributed by atoms with Crippen LogP contribution in [0.3, 0.4) is 0 Å². The van der Waals surface area contributed by atoms with E-state index in [1.165, 1.54) is 5.56 Å². The zero-order valence-corrected chi connectivity index (χ0v) is 11.5. The number of aryl methyl sites for hydroxylation is 2. The Morgan fingerprint density at radius 3 is 2.85 bits per heavy atom. The molecule has 0 bridgehead atoms. The van der Waals surface area contributed by atoms with Crippen LogP contribution in [0, 0.1) is 12.8 Å². The van der Waals surface area contributed by atoms with E-state index in [0.29, 0.717) is 0 Å². The Kier molecular flexibility index (Phi) is 3.50. The van der Waals surface area contributed by atoms with Crippen LogP contribution in [0.2, 0.25) is 0 Å². The van der Waals surface area contributed by atoms with Crippen LogP contribution in [0.15, 0.2) is 30.5 Å². The summed E-state index contributed by atoms with van der Waals surface area (Å²) in [6.45, 7) is 3.60. The normalized spacial score (nSPS) is 18.2. The Morgan fingerprint density at radius 1 is 1.35 bits per heavy atom. The van der Waals surface area contributed by atoms with Gasteiger partial charge in [-0.2, -0.15) is 0 Å². The largest absolute Gasteiger partial charge is 0.356 e. The minimum atomic E-state index is 0.127. The van der Waals surface area contributed by atoms with E-state index in [-0.39, 0.29) is 11.8 Å². The summed E-state index contributed by atoms with van der Waals surface area (Å²) in [6, 6.07) is 8.23. The molecule has 1 aliphatic rings. The van der Waals surface area contributed by atoms with E-state index in [2.05, 4.69) is 34.7 Å². The molecule has 1 saturated heterocycles. The van der Waals surface area contributed by atoms with Gasteiger partial charge < -0.3 is 5.32 Å². The van der Waals surface area contributed by atoms with Crippen LogP contribution in [-0.2, 0) is 11.3 Å². The van der Waals surface area contributed by atoms with Gasteiger partial charge in [0.1, 0.15) is 5.69 Å². The SMILES string of the molecule is Cc1ccc(-c2cn(CCC3CCNC3=O)nn2)cc1. The average molecular weight is 270 g/mol. The molecule has 1 fully saturated rings. The highest BCUT2D eigenvalue weighted by atomic mass is 16.2. The van der Waals surface area contributed by atoms with Crippen molar-refractivity contribution in [3.05, 3.63) is 36.0 Å². The Bertz CT molecular complexity index is 603. The summed E-state index contributed by atoms with van der Waals surface area (Å²) in [7, 11) is 0. The van der Waals surface area contributed by atoms with E-state index >= 15 is 0 Å². The third-order valence-corrected chi connectivity index (χ3v) is 3.76. The number of carbonyl (C=O) groups excluding carboxylic acids is 1. The molecule has 1 amide bonds. The third kappa shape index (κ3) is 2.71. The monoisotopic (exact) mass is 270 g/mol. The number of nitrogens with one attached hydrogen (secondary N) is 1. The van der Waals surface area contributed by atoms with E-state index in [9.17, 15) is 4.79 Å². The smallest absolute Gasteiger partial charge is 0.223 e. The van der Waals surface area contributed by atoms with Crippen molar-refractivity contribution in [2.24, 2.45) is 5.92 Å². The number of nitrogens with zero attached hydrogens (tertiary/aromatic N) is 3. The van der Waals surface area contributed by atoms with E-state index in [4.69, 9.17) is 0 Å². The zero-order valence-electron chi connectivity index (χ0n) is 11.5. The fourth-order valence-electron chi connectivity index (χ4n) is 2.47. The molecule has 5 heteroatoms. The number of hydrogen-bond acceptors (Lipinski definition) is 3. The van der Waals surface area contributed by atoms with E-state index in [1.54, 1.807) is 0 Å². The summed E-state index contributed by atoms with van der Waals surface area (Å²) in [5, 5.41) is 11.2. The van der Waals surface area contributed by atoms with Crippen LogP contribution < -0.4 is 5.32 Å². The lowest BCUT2D eigenvalue weighted by Gasteiger charge is -2.05. The maximum absolute atomic E-state index is 11.5. The number of hydrogen-bond donors (Lipinski definition) is 1. The second-order valence-corrected chi connectivity index (χ2v) is 5.30. The summed E-state index contributed by atoms with van der Waals surface area (Å²) < 4.78 is 1.82. The Morgan fingerprint density at radius 2 is 2.15 bits per heavy atom. The minimum absolute atomic E-state index is 0.127. The predicted octanol–water partition coefficient (Wildman–Crippen LogP) is 1.78. The molecular formula is C15H18N4O. The molecule has 20 heavy (non-hydrogen) atoms. The van der Waals surface area contributed by atoms with Gasteiger partial charge in [-0.25, -0.2) is 0 Å². The van der Waals surface area contributed by atoms with Crippen molar-refractivity contribution in [2.75, 3.05) is 6.54 Å². The highest BCUT2D eigenvalue weighted by Crippen LogP contribution is 2.18. The first-order valence-corrected chi connectivity index (χ1v) is 6.97. The first-order chi connectivity index (χ1) is 9.72. The van der Waals surface area contributed by atoms with Crippen molar-refractivity contribution in [1.29, 1.82) is 0 Å². The van der Waals surface area contributed by atoms with Gasteiger partial charge in [0.05, 0.1) is 6.20 Å². The number of carbonyl (C=O) groups is 1.